The lowest BCUT2D eigenvalue weighted by atomic mass is 9.89. The van der Waals surface area contributed by atoms with Crippen molar-refractivity contribution >= 4 is 28.5 Å². The number of carbonyl (C=O) groups excluding carboxylic acids is 1. The van der Waals surface area contributed by atoms with Gasteiger partial charge in [0.05, 0.1) is 18.7 Å². The van der Waals surface area contributed by atoms with Gasteiger partial charge in [-0.25, -0.2) is 4.39 Å². The molecular weight excluding hydrogens is 347 g/mol. The Balaban J connectivity index is 1.86. The summed E-state index contributed by atoms with van der Waals surface area (Å²) in [6.07, 6.45) is 0.645. The quantitative estimate of drug-likeness (QED) is 0.865. The fourth-order valence-electron chi connectivity index (χ4n) is 2.55. The van der Waals surface area contributed by atoms with Crippen LogP contribution < -0.4 is 15.8 Å². The summed E-state index contributed by atoms with van der Waals surface area (Å²) in [7, 11) is 1.42. The molecule has 7 nitrogen and oxygen atoms in total. The van der Waals surface area contributed by atoms with Crippen LogP contribution in [0, 0.1) is 5.82 Å². The van der Waals surface area contributed by atoms with Gasteiger partial charge in [0.1, 0.15) is 5.82 Å². The molecule has 0 saturated carbocycles. The van der Waals surface area contributed by atoms with Gasteiger partial charge in [-0.05, 0) is 36.7 Å². The number of carbonyl (C=O) groups is 1. The molecule has 1 atom stereocenters. The Labute approximate surface area is 147 Å². The monoisotopic (exact) mass is 364 g/mol. The Kier molecular flexibility index (Phi) is 4.67. The molecule has 0 spiro atoms. The minimum absolute atomic E-state index is 0.00901. The molecule has 9 heteroatoms. The summed E-state index contributed by atoms with van der Waals surface area (Å²) in [5, 5.41) is 6.65. The number of hydrogen-bond acceptors (Lipinski definition) is 7. The van der Waals surface area contributed by atoms with Gasteiger partial charge in [0, 0.05) is 17.0 Å². The summed E-state index contributed by atoms with van der Waals surface area (Å²) >= 11 is 1.44. The van der Waals surface area contributed by atoms with Gasteiger partial charge in [0.2, 0.25) is 5.76 Å². The fraction of sp³-hybridized carbons (Fsp3) is 0.312. The first-order chi connectivity index (χ1) is 11.9. The molecule has 1 amide bonds. The highest BCUT2D eigenvalue weighted by Crippen LogP contribution is 2.37. The highest BCUT2D eigenvalue weighted by Gasteiger charge is 2.32. The Morgan fingerprint density at radius 1 is 1.48 bits per heavy atom. The molecule has 1 aliphatic rings. The molecule has 2 heterocycles. The molecule has 2 aromatic rings. The van der Waals surface area contributed by atoms with Crippen molar-refractivity contribution in [2.24, 2.45) is 10.7 Å². The van der Waals surface area contributed by atoms with Gasteiger partial charge in [-0.3, -0.25) is 9.79 Å². The van der Waals surface area contributed by atoms with Crippen molar-refractivity contribution in [3.63, 3.8) is 0 Å². The van der Waals surface area contributed by atoms with E-state index in [1.807, 2.05) is 6.92 Å². The lowest BCUT2D eigenvalue weighted by Gasteiger charge is -2.30. The van der Waals surface area contributed by atoms with Gasteiger partial charge < -0.3 is 20.3 Å². The minimum Gasteiger partial charge on any atom is -0.479 e. The number of nitrogens with zero attached hydrogens (tertiary/aromatic N) is 2. The first kappa shape index (κ1) is 17.3. The van der Waals surface area contributed by atoms with Crippen molar-refractivity contribution in [2.45, 2.75) is 18.9 Å². The molecule has 25 heavy (non-hydrogen) atoms. The van der Waals surface area contributed by atoms with Gasteiger partial charge >= 0.3 is 0 Å². The third kappa shape index (κ3) is 3.60. The normalized spacial score (nSPS) is 20.0. The molecule has 0 radical (unpaired) electrons. The summed E-state index contributed by atoms with van der Waals surface area (Å²) in [5.41, 5.74) is 5.83. The van der Waals surface area contributed by atoms with Crippen LogP contribution in [0.5, 0.6) is 5.88 Å². The highest BCUT2D eigenvalue weighted by molar-refractivity contribution is 8.13. The Morgan fingerprint density at radius 2 is 2.28 bits per heavy atom. The molecule has 0 aliphatic carbocycles. The molecule has 0 fully saturated rings. The smallest absolute Gasteiger partial charge is 0.294 e. The lowest BCUT2D eigenvalue weighted by Crippen LogP contribution is -2.29. The first-order valence-electron chi connectivity index (χ1n) is 7.51. The molecule has 0 saturated heterocycles. The van der Waals surface area contributed by atoms with Gasteiger partial charge in [-0.15, -0.1) is 0 Å². The fourth-order valence-corrected chi connectivity index (χ4v) is 3.53. The number of aliphatic imine (C=N–C) groups is 1. The molecule has 1 aliphatic heterocycles. The van der Waals surface area contributed by atoms with Crippen molar-refractivity contribution in [3.05, 3.63) is 41.4 Å². The summed E-state index contributed by atoms with van der Waals surface area (Å²) in [6, 6.07) is 5.70. The highest BCUT2D eigenvalue weighted by atomic mass is 32.2. The van der Waals surface area contributed by atoms with E-state index in [2.05, 4.69) is 15.5 Å². The number of methoxy groups -OCH3 is 1. The Hall–Kier alpha value is -2.55. The van der Waals surface area contributed by atoms with E-state index >= 15 is 0 Å². The Bertz CT molecular complexity index is 839. The van der Waals surface area contributed by atoms with Crippen LogP contribution in [-0.2, 0) is 5.54 Å². The van der Waals surface area contributed by atoms with Crippen molar-refractivity contribution in [1.29, 1.82) is 0 Å². The number of nitrogens with one attached hydrogen (secondary N) is 1. The largest absolute Gasteiger partial charge is 0.479 e. The number of ether oxygens (including phenoxy) is 1. The SMILES string of the molecule is COc1cc(C(=O)Nc2ccc(F)c([C@]3(C)CCSC(N)=N3)c2)on1. The number of anilines is 1. The molecule has 1 aromatic carbocycles. The van der Waals surface area contributed by atoms with Crippen LogP contribution in [0.2, 0.25) is 0 Å². The molecule has 3 rings (SSSR count). The zero-order chi connectivity index (χ0) is 18.0. The van der Waals surface area contributed by atoms with E-state index in [0.717, 1.165) is 5.75 Å². The molecule has 0 unspecified atom stereocenters. The molecular formula is C16H17FN4O3S. The lowest BCUT2D eigenvalue weighted by molar-refractivity contribution is 0.0987. The zero-order valence-electron chi connectivity index (χ0n) is 13.7. The molecule has 132 valence electrons. The van der Waals surface area contributed by atoms with Crippen LogP contribution in [0.15, 0.2) is 33.8 Å². The van der Waals surface area contributed by atoms with E-state index < -0.39 is 17.3 Å². The predicted octanol–water partition coefficient (Wildman–Crippen LogP) is 2.74. The average Bonchev–Trinajstić information content (AvgIpc) is 3.05. The van der Waals surface area contributed by atoms with Gasteiger partial charge in [-0.1, -0.05) is 11.8 Å². The second kappa shape index (κ2) is 6.75. The van der Waals surface area contributed by atoms with Crippen LogP contribution in [0.3, 0.4) is 0 Å². The maximum atomic E-state index is 14.4. The van der Waals surface area contributed by atoms with E-state index in [-0.39, 0.29) is 11.6 Å². The zero-order valence-corrected chi connectivity index (χ0v) is 14.5. The second-order valence-corrected chi connectivity index (χ2v) is 6.82. The topological polar surface area (TPSA) is 103 Å². The van der Waals surface area contributed by atoms with Gasteiger partial charge in [-0.2, -0.15) is 0 Å². The van der Waals surface area contributed by atoms with E-state index in [1.54, 1.807) is 6.07 Å². The average molecular weight is 364 g/mol. The summed E-state index contributed by atoms with van der Waals surface area (Å²) < 4.78 is 24.1. The number of amides is 1. The number of aromatic nitrogens is 1. The van der Waals surface area contributed by atoms with Crippen molar-refractivity contribution in [1.82, 2.24) is 5.16 Å². The summed E-state index contributed by atoms with van der Waals surface area (Å²) in [4.78, 5) is 16.6. The minimum atomic E-state index is -0.768. The van der Waals surface area contributed by atoms with Crippen molar-refractivity contribution in [2.75, 3.05) is 18.2 Å². The van der Waals surface area contributed by atoms with Gasteiger partial charge in [0.15, 0.2) is 5.17 Å². The Morgan fingerprint density at radius 3 is 2.96 bits per heavy atom. The standard InChI is InChI=1S/C16H17FN4O3S/c1-16(5-6-25-15(18)20-16)10-7-9(3-4-11(10)17)19-14(22)12-8-13(23-2)21-24-12/h3-4,7-8H,5-6H2,1-2H3,(H2,18,20)(H,19,22)/t16-/m0/s1. The van der Waals surface area contributed by atoms with Crippen LogP contribution in [-0.4, -0.2) is 29.1 Å². The third-order valence-corrected chi connectivity index (χ3v) is 4.72. The van der Waals surface area contributed by atoms with Crippen LogP contribution in [0.4, 0.5) is 10.1 Å². The van der Waals surface area contributed by atoms with E-state index in [4.69, 9.17) is 15.0 Å². The number of rotatable bonds is 4. The number of amidine groups is 1. The third-order valence-electron chi connectivity index (χ3n) is 3.92. The first-order valence-corrected chi connectivity index (χ1v) is 8.50. The maximum absolute atomic E-state index is 14.4. The van der Waals surface area contributed by atoms with E-state index in [0.29, 0.717) is 22.8 Å². The van der Waals surface area contributed by atoms with Gasteiger partial charge in [0.25, 0.3) is 11.8 Å². The predicted molar refractivity (Wildman–Crippen MR) is 93.5 cm³/mol. The number of thioether (sulfide) groups is 1. The van der Waals surface area contributed by atoms with E-state index in [9.17, 15) is 9.18 Å². The molecule has 0 bridgehead atoms. The van der Waals surface area contributed by atoms with Crippen molar-refractivity contribution < 1.29 is 18.4 Å². The number of nitrogens with two attached hydrogens (primary N) is 1. The number of halogens is 1. The number of benzene rings is 1. The molecule has 3 N–H and O–H groups in total. The van der Waals surface area contributed by atoms with E-state index in [1.165, 1.54) is 37.1 Å². The van der Waals surface area contributed by atoms with Crippen molar-refractivity contribution in [3.8, 4) is 5.88 Å². The van der Waals surface area contributed by atoms with Crippen LogP contribution in [0.25, 0.3) is 0 Å². The van der Waals surface area contributed by atoms with Crippen LogP contribution >= 0.6 is 11.8 Å². The second-order valence-electron chi connectivity index (χ2n) is 5.70. The van der Waals surface area contributed by atoms with Crippen LogP contribution in [0.1, 0.15) is 29.5 Å². The molecule has 1 aromatic heterocycles. The number of hydrogen-bond donors (Lipinski definition) is 2. The summed E-state index contributed by atoms with van der Waals surface area (Å²) in [5.74, 6) is 0.0259. The maximum Gasteiger partial charge on any atom is 0.294 e. The summed E-state index contributed by atoms with van der Waals surface area (Å²) in [6.45, 7) is 1.82.